The van der Waals surface area contributed by atoms with E-state index in [4.69, 9.17) is 9.72 Å². The fourth-order valence-corrected chi connectivity index (χ4v) is 10.3. The van der Waals surface area contributed by atoms with Gasteiger partial charge in [0.1, 0.15) is 5.82 Å². The van der Waals surface area contributed by atoms with Crippen LogP contribution in [0.2, 0.25) is 0 Å². The molecule has 0 unspecified atom stereocenters. The van der Waals surface area contributed by atoms with Gasteiger partial charge in [0.2, 0.25) is 0 Å². The van der Waals surface area contributed by atoms with Crippen molar-refractivity contribution >= 4 is 32.8 Å². The first-order chi connectivity index (χ1) is 34.9. The quantitative estimate of drug-likeness (QED) is 0.0956. The van der Waals surface area contributed by atoms with Crippen molar-refractivity contribution in [2.45, 2.75) is 85.0 Å². The van der Waals surface area contributed by atoms with Crippen LogP contribution >= 0.6 is 0 Å². The van der Waals surface area contributed by atoms with Crippen LogP contribution in [0.4, 0.5) is 0 Å². The topological polar surface area (TPSA) is 35.9 Å². The predicted molar refractivity (Wildman–Crippen MR) is 297 cm³/mol. The van der Waals surface area contributed by atoms with Crippen LogP contribution in [0.3, 0.4) is 0 Å². The van der Waals surface area contributed by atoms with E-state index in [-0.39, 0.29) is 31.9 Å². The number of imidazole rings is 1. The zero-order chi connectivity index (χ0) is 49.7. The molecule has 0 aliphatic rings. The van der Waals surface area contributed by atoms with E-state index in [1.54, 1.807) is 0 Å². The maximum atomic E-state index is 6.78. The summed E-state index contributed by atoms with van der Waals surface area (Å²) in [6.07, 6.45) is 8.00. The molecular formula is C67H60N4OPt-2. The number of benzene rings is 8. The summed E-state index contributed by atoms with van der Waals surface area (Å²) in [4.78, 5) is 4.93. The van der Waals surface area contributed by atoms with Gasteiger partial charge in [0, 0.05) is 44.3 Å². The van der Waals surface area contributed by atoms with E-state index in [1.165, 1.54) is 22.3 Å². The van der Waals surface area contributed by atoms with Gasteiger partial charge in [-0.15, -0.1) is 29.7 Å². The van der Waals surface area contributed by atoms with E-state index in [9.17, 15) is 0 Å². The molecule has 73 heavy (non-hydrogen) atoms. The predicted octanol–water partition coefficient (Wildman–Crippen LogP) is 17.1. The summed E-state index contributed by atoms with van der Waals surface area (Å²) in [6, 6.07) is 72.4. The number of hydrogen-bond acceptors (Lipinski definition) is 2. The number of nitrogens with zero attached hydrogens (tertiary/aromatic N) is 4. The van der Waals surface area contributed by atoms with Gasteiger partial charge in [-0.25, -0.2) is 4.98 Å². The molecule has 11 rings (SSSR count). The Labute approximate surface area is 445 Å². The average Bonchev–Trinajstić information content (AvgIpc) is 3.94. The third kappa shape index (κ3) is 9.48. The number of hydrogen-bond donors (Lipinski definition) is 0. The second-order valence-corrected chi connectivity index (χ2v) is 21.1. The molecule has 6 heteroatoms. The van der Waals surface area contributed by atoms with Crippen molar-refractivity contribution in [3.8, 4) is 62.1 Å². The summed E-state index contributed by atoms with van der Waals surface area (Å²) in [5.74, 6) is 2.50. The molecule has 8 aromatic carbocycles. The molecule has 0 aliphatic carbocycles. The molecule has 0 bridgehead atoms. The van der Waals surface area contributed by atoms with Gasteiger partial charge in [-0.2, -0.15) is 18.2 Å². The summed E-state index contributed by atoms with van der Waals surface area (Å²) < 4.78 is 13.4. The number of rotatable bonds is 11. The van der Waals surface area contributed by atoms with Crippen molar-refractivity contribution in [1.29, 1.82) is 0 Å². The van der Waals surface area contributed by atoms with Crippen LogP contribution < -0.4 is 9.30 Å². The summed E-state index contributed by atoms with van der Waals surface area (Å²) in [5.41, 5.74) is 16.4. The van der Waals surface area contributed by atoms with Crippen molar-refractivity contribution < 1.29 is 30.4 Å². The number of ether oxygens (including phenoxy) is 1. The minimum Gasteiger partial charge on any atom is -0.510 e. The smallest absolute Gasteiger partial charge is 0.268 e. The van der Waals surface area contributed by atoms with Crippen molar-refractivity contribution in [2.24, 2.45) is 0 Å². The van der Waals surface area contributed by atoms with Crippen LogP contribution in [0.25, 0.3) is 83.4 Å². The summed E-state index contributed by atoms with van der Waals surface area (Å²) in [5, 5.41) is 2.23. The Bertz CT molecular complexity index is 3740. The largest absolute Gasteiger partial charge is 0.510 e. The maximum Gasteiger partial charge on any atom is 0.268 e. The second kappa shape index (κ2) is 19.9. The Morgan fingerprint density at radius 1 is 0.548 bits per heavy atom. The van der Waals surface area contributed by atoms with Crippen molar-refractivity contribution in [3.05, 3.63) is 223 Å². The molecule has 3 aromatic heterocycles. The van der Waals surface area contributed by atoms with Gasteiger partial charge >= 0.3 is 0 Å². The molecule has 5 nitrogen and oxygen atoms in total. The van der Waals surface area contributed by atoms with Gasteiger partial charge in [-0.1, -0.05) is 188 Å². The average molecular weight is 1130 g/mol. The molecule has 0 radical (unpaired) electrons. The number of pyridine rings is 1. The van der Waals surface area contributed by atoms with E-state index >= 15 is 0 Å². The van der Waals surface area contributed by atoms with Crippen LogP contribution in [0, 0.1) is 18.5 Å². The van der Waals surface area contributed by atoms with E-state index in [2.05, 4.69) is 251 Å². The van der Waals surface area contributed by atoms with E-state index in [1.807, 2.05) is 24.4 Å². The Balaban J connectivity index is 0.00000611. The van der Waals surface area contributed by atoms with Gasteiger partial charge in [-0.3, -0.25) is 4.57 Å². The number of fused-ring (bicyclic) bond motifs is 4. The standard InChI is InChI=1S/C67H60N4O.Pt/c1-9-45(10-2)49-35-36-68-64(40-49)71-60-30-18-17-27-58(60)59-33-32-55(43-62(59)71)72-54-26-19-25-53(42-54)69-44-70(61-34-31-48(39-63(61)69)46-21-13-11-14-22-46)65-56(47-23-15-12-16-24-47)28-20-29-57(65)50-37-51(66(3,4)5)41-52(38-50)67(6,7)8;/h11-41,45H,9-10H2,1-8H3;/q-2;. The Hall–Kier alpha value is -7.33. The van der Waals surface area contributed by atoms with Gasteiger partial charge in [0.25, 0.3) is 6.33 Å². The molecule has 0 atom stereocenters. The van der Waals surface area contributed by atoms with Crippen LogP contribution in [-0.4, -0.2) is 14.1 Å². The zero-order valence-electron chi connectivity index (χ0n) is 42.9. The first-order valence-corrected chi connectivity index (χ1v) is 25.4. The van der Waals surface area contributed by atoms with Crippen molar-refractivity contribution in [2.75, 3.05) is 0 Å². The molecule has 0 aliphatic heterocycles. The molecule has 0 amide bonds. The van der Waals surface area contributed by atoms with Crippen LogP contribution in [0.15, 0.2) is 188 Å². The molecule has 11 aromatic rings. The Kier molecular flexibility index (Phi) is 13.5. The molecule has 0 saturated heterocycles. The van der Waals surface area contributed by atoms with E-state index in [0.29, 0.717) is 17.4 Å². The first kappa shape index (κ1) is 49.3. The third-order valence-electron chi connectivity index (χ3n) is 14.3. The molecule has 0 saturated carbocycles. The van der Waals surface area contributed by atoms with Gasteiger partial charge in [0.05, 0.1) is 16.7 Å². The molecule has 0 fully saturated rings. The SMILES string of the molecule is CCC(CC)c1ccnc(-n2c3[c-]c(Oc4[c-]c(-n5[c-][n+](-c6c(-c7ccccc7)cccc6-c6cc(C(C)(C)C)cc(C(C)(C)C)c6)c6ccc(-c7ccccc7)cc65)ccc4)ccc3c3ccccc32)c1.[Pt]. The molecular weight excluding hydrogens is 1070 g/mol. The first-order valence-electron chi connectivity index (χ1n) is 25.4. The van der Waals surface area contributed by atoms with Gasteiger partial charge in [-0.05, 0) is 115 Å². The second-order valence-electron chi connectivity index (χ2n) is 21.1. The summed E-state index contributed by atoms with van der Waals surface area (Å²) >= 11 is 0. The van der Waals surface area contributed by atoms with Crippen LogP contribution in [-0.2, 0) is 31.9 Å². The minimum absolute atomic E-state index is 0. The van der Waals surface area contributed by atoms with Crippen LogP contribution in [0.5, 0.6) is 11.5 Å². The van der Waals surface area contributed by atoms with Crippen molar-refractivity contribution in [3.63, 3.8) is 0 Å². The van der Waals surface area contributed by atoms with E-state index in [0.717, 1.165) is 90.7 Å². The third-order valence-corrected chi connectivity index (χ3v) is 14.3. The minimum atomic E-state index is -0.0585. The monoisotopic (exact) mass is 1130 g/mol. The molecule has 0 spiro atoms. The van der Waals surface area contributed by atoms with Crippen molar-refractivity contribution in [1.82, 2.24) is 14.1 Å². The molecule has 3 heterocycles. The fraction of sp³-hybridized carbons (Fsp3) is 0.194. The van der Waals surface area contributed by atoms with Gasteiger partial charge < -0.3 is 13.9 Å². The maximum absolute atomic E-state index is 6.78. The summed E-state index contributed by atoms with van der Waals surface area (Å²) in [7, 11) is 0. The Morgan fingerprint density at radius 2 is 1.19 bits per heavy atom. The number of para-hydroxylation sites is 2. The molecule has 366 valence electrons. The van der Waals surface area contributed by atoms with E-state index < -0.39 is 0 Å². The Morgan fingerprint density at radius 3 is 1.89 bits per heavy atom. The van der Waals surface area contributed by atoms with Gasteiger partial charge in [0.15, 0.2) is 0 Å². The van der Waals surface area contributed by atoms with Crippen LogP contribution in [0.1, 0.15) is 90.8 Å². The normalized spacial score (nSPS) is 12.0. The molecule has 0 N–H and O–H groups in total. The fourth-order valence-electron chi connectivity index (χ4n) is 10.3. The summed E-state index contributed by atoms with van der Waals surface area (Å²) in [6.45, 7) is 18.3. The zero-order valence-corrected chi connectivity index (χ0v) is 45.2. The number of aromatic nitrogens is 4.